The Morgan fingerprint density at radius 1 is 1.33 bits per heavy atom. The second-order valence-corrected chi connectivity index (χ2v) is 6.70. The van der Waals surface area contributed by atoms with E-state index in [9.17, 15) is 4.79 Å². The Morgan fingerprint density at radius 3 is 3.00 bits per heavy atom. The monoisotopic (exact) mass is 338 g/mol. The van der Waals surface area contributed by atoms with Gasteiger partial charge in [-0.15, -0.1) is 11.3 Å². The zero-order chi connectivity index (χ0) is 16.4. The molecule has 6 heteroatoms. The molecule has 0 fully saturated rings. The molecule has 5 nitrogen and oxygen atoms in total. The number of carbonyl (C=O) groups is 1. The number of benzene rings is 1. The van der Waals surface area contributed by atoms with Crippen molar-refractivity contribution in [3.05, 3.63) is 69.9 Å². The van der Waals surface area contributed by atoms with E-state index in [4.69, 9.17) is 0 Å². The maximum Gasteiger partial charge on any atom is 0.271 e. The lowest BCUT2D eigenvalue weighted by atomic mass is 9.93. The van der Waals surface area contributed by atoms with E-state index in [2.05, 4.69) is 32.2 Å². The maximum absolute atomic E-state index is 12.3. The van der Waals surface area contributed by atoms with E-state index in [1.807, 2.05) is 24.4 Å². The normalized spacial score (nSPS) is 16.6. The fourth-order valence-electron chi connectivity index (χ4n) is 3.22. The van der Waals surface area contributed by atoms with Crippen LogP contribution in [0.3, 0.4) is 0 Å². The summed E-state index contributed by atoms with van der Waals surface area (Å²) in [5.74, 6) is -0.107. The fraction of sp³-hybridized carbons (Fsp3) is 0.278. The zero-order valence-corrected chi connectivity index (χ0v) is 14.0. The minimum atomic E-state index is -0.107. The molecule has 4 rings (SSSR count). The first kappa shape index (κ1) is 15.1. The lowest BCUT2D eigenvalue weighted by Gasteiger charge is -2.24. The van der Waals surface area contributed by atoms with Gasteiger partial charge in [-0.3, -0.25) is 9.48 Å². The van der Waals surface area contributed by atoms with Crippen LogP contribution in [0, 0.1) is 0 Å². The van der Waals surface area contributed by atoms with Gasteiger partial charge in [-0.25, -0.2) is 4.98 Å². The molecule has 0 aliphatic heterocycles. The van der Waals surface area contributed by atoms with Crippen LogP contribution in [-0.2, 0) is 13.0 Å². The lowest BCUT2D eigenvalue weighted by molar-refractivity contribution is 0.0928. The number of nitrogens with one attached hydrogen (secondary N) is 1. The van der Waals surface area contributed by atoms with Crippen molar-refractivity contribution in [1.82, 2.24) is 20.1 Å². The molecule has 1 atom stereocenters. The smallest absolute Gasteiger partial charge is 0.271 e. The number of thiazole rings is 1. The van der Waals surface area contributed by atoms with Gasteiger partial charge >= 0.3 is 0 Å². The van der Waals surface area contributed by atoms with E-state index in [1.54, 1.807) is 10.9 Å². The van der Waals surface area contributed by atoms with Gasteiger partial charge in [0.05, 0.1) is 24.3 Å². The zero-order valence-electron chi connectivity index (χ0n) is 13.2. The minimum Gasteiger partial charge on any atom is -0.344 e. The highest BCUT2D eigenvalue weighted by atomic mass is 32.1. The van der Waals surface area contributed by atoms with Crippen LogP contribution in [0.15, 0.2) is 47.4 Å². The van der Waals surface area contributed by atoms with Crippen LogP contribution in [0.2, 0.25) is 0 Å². The molecule has 2 heterocycles. The van der Waals surface area contributed by atoms with Crippen LogP contribution in [0.5, 0.6) is 0 Å². The van der Waals surface area contributed by atoms with Gasteiger partial charge in [0.15, 0.2) is 0 Å². The maximum atomic E-state index is 12.3. The van der Waals surface area contributed by atoms with Crippen molar-refractivity contribution in [3.63, 3.8) is 0 Å². The Kier molecular flexibility index (Phi) is 4.13. The number of hydrogen-bond acceptors (Lipinski definition) is 4. The quantitative estimate of drug-likeness (QED) is 0.795. The standard InChI is InChI=1S/C18H18N4OS/c23-18(16-11-24-12-19-16)21-15-7-4-8-17-14(15)9-20-22(17)10-13-5-2-1-3-6-13/h1-3,5-6,9,11-12,15H,4,7-8,10H2,(H,21,23)/t15-/m0/s1. The van der Waals surface area contributed by atoms with Crippen molar-refractivity contribution in [2.45, 2.75) is 31.8 Å². The molecule has 1 aromatic carbocycles. The molecule has 0 bridgehead atoms. The number of amides is 1. The Morgan fingerprint density at radius 2 is 2.21 bits per heavy atom. The SMILES string of the molecule is O=C(N[C@H]1CCCc2c1cnn2Cc1ccccc1)c1cscn1. The van der Waals surface area contributed by atoms with Gasteiger partial charge in [-0.2, -0.15) is 5.10 Å². The number of aromatic nitrogens is 3. The Balaban J connectivity index is 1.54. The van der Waals surface area contributed by atoms with Gasteiger partial charge in [0, 0.05) is 16.6 Å². The average molecular weight is 338 g/mol. The van der Waals surface area contributed by atoms with Gasteiger partial charge in [0.25, 0.3) is 5.91 Å². The number of nitrogens with zero attached hydrogens (tertiary/aromatic N) is 3. The third-order valence-electron chi connectivity index (χ3n) is 4.41. The Hall–Kier alpha value is -2.47. The Bertz CT molecular complexity index is 826. The summed E-state index contributed by atoms with van der Waals surface area (Å²) < 4.78 is 2.06. The van der Waals surface area contributed by atoms with Crippen molar-refractivity contribution in [1.29, 1.82) is 0 Å². The number of carbonyl (C=O) groups excluding carboxylic acids is 1. The first-order chi connectivity index (χ1) is 11.8. The number of rotatable bonds is 4. The predicted molar refractivity (Wildman–Crippen MR) is 93.0 cm³/mol. The van der Waals surface area contributed by atoms with E-state index in [-0.39, 0.29) is 11.9 Å². The summed E-state index contributed by atoms with van der Waals surface area (Å²) in [4.78, 5) is 16.4. The van der Waals surface area contributed by atoms with Crippen molar-refractivity contribution in [2.24, 2.45) is 0 Å². The highest BCUT2D eigenvalue weighted by Crippen LogP contribution is 2.30. The molecule has 0 radical (unpaired) electrons. The van der Waals surface area contributed by atoms with Crippen LogP contribution < -0.4 is 5.32 Å². The van der Waals surface area contributed by atoms with Gasteiger partial charge in [0.2, 0.25) is 0 Å². The average Bonchev–Trinajstić information content (AvgIpc) is 3.27. The van der Waals surface area contributed by atoms with Crippen molar-refractivity contribution in [3.8, 4) is 0 Å². The van der Waals surface area contributed by atoms with Crippen molar-refractivity contribution in [2.75, 3.05) is 0 Å². The molecule has 1 aliphatic rings. The highest BCUT2D eigenvalue weighted by molar-refractivity contribution is 7.07. The molecule has 0 unspecified atom stereocenters. The van der Waals surface area contributed by atoms with Gasteiger partial charge in [-0.05, 0) is 24.8 Å². The fourth-order valence-corrected chi connectivity index (χ4v) is 3.75. The molecule has 0 saturated heterocycles. The second-order valence-electron chi connectivity index (χ2n) is 5.98. The predicted octanol–water partition coefficient (Wildman–Crippen LogP) is 3.20. The van der Waals surface area contributed by atoms with Crippen LogP contribution in [0.1, 0.15) is 46.2 Å². The van der Waals surface area contributed by atoms with Crippen LogP contribution in [-0.4, -0.2) is 20.7 Å². The summed E-state index contributed by atoms with van der Waals surface area (Å²) in [6, 6.07) is 10.3. The summed E-state index contributed by atoms with van der Waals surface area (Å²) in [5.41, 5.74) is 5.77. The number of hydrogen-bond donors (Lipinski definition) is 1. The summed E-state index contributed by atoms with van der Waals surface area (Å²) in [6.45, 7) is 0.767. The van der Waals surface area contributed by atoms with E-state index in [0.717, 1.165) is 31.4 Å². The first-order valence-electron chi connectivity index (χ1n) is 8.09. The van der Waals surface area contributed by atoms with Crippen LogP contribution in [0.25, 0.3) is 0 Å². The summed E-state index contributed by atoms with van der Waals surface area (Å²) in [7, 11) is 0. The third-order valence-corrected chi connectivity index (χ3v) is 4.99. The lowest BCUT2D eigenvalue weighted by Crippen LogP contribution is -2.31. The molecule has 122 valence electrons. The van der Waals surface area contributed by atoms with E-state index < -0.39 is 0 Å². The highest BCUT2D eigenvalue weighted by Gasteiger charge is 2.26. The second kappa shape index (κ2) is 6.57. The molecule has 2 aromatic heterocycles. The topological polar surface area (TPSA) is 59.8 Å². The molecule has 1 N–H and O–H groups in total. The third kappa shape index (κ3) is 2.97. The van der Waals surface area contributed by atoms with Crippen LogP contribution in [0.4, 0.5) is 0 Å². The molecule has 1 amide bonds. The molecule has 0 spiro atoms. The summed E-state index contributed by atoms with van der Waals surface area (Å²) in [5, 5.41) is 9.45. The largest absolute Gasteiger partial charge is 0.344 e. The van der Waals surface area contributed by atoms with Crippen LogP contribution >= 0.6 is 11.3 Å². The number of fused-ring (bicyclic) bond motifs is 1. The molecule has 0 saturated carbocycles. The molecular weight excluding hydrogens is 320 g/mol. The summed E-state index contributed by atoms with van der Waals surface area (Å²) in [6.07, 6.45) is 4.91. The molecule has 24 heavy (non-hydrogen) atoms. The van der Waals surface area contributed by atoms with E-state index >= 15 is 0 Å². The van der Waals surface area contributed by atoms with Gasteiger partial charge in [-0.1, -0.05) is 30.3 Å². The van der Waals surface area contributed by atoms with Gasteiger partial charge in [0.1, 0.15) is 5.69 Å². The van der Waals surface area contributed by atoms with E-state index in [0.29, 0.717) is 5.69 Å². The summed E-state index contributed by atoms with van der Waals surface area (Å²) >= 11 is 1.43. The van der Waals surface area contributed by atoms with Crippen molar-refractivity contribution < 1.29 is 4.79 Å². The Labute approximate surface area is 144 Å². The van der Waals surface area contributed by atoms with Crippen molar-refractivity contribution >= 4 is 17.2 Å². The first-order valence-corrected chi connectivity index (χ1v) is 9.03. The van der Waals surface area contributed by atoms with E-state index in [1.165, 1.54) is 22.6 Å². The molecule has 1 aliphatic carbocycles. The molecular formula is C18H18N4OS. The van der Waals surface area contributed by atoms with Gasteiger partial charge < -0.3 is 5.32 Å². The molecule has 3 aromatic rings. The minimum absolute atomic E-state index is 0.0208.